The molecular formula is C14H24N2O2S. The molecule has 0 radical (unpaired) electrons. The third-order valence-corrected chi connectivity index (χ3v) is 4.88. The van der Waals surface area contributed by atoms with E-state index in [2.05, 4.69) is 24.1 Å². The summed E-state index contributed by atoms with van der Waals surface area (Å²) in [6, 6.07) is 7.17. The zero-order valence-corrected chi connectivity index (χ0v) is 12.8. The van der Waals surface area contributed by atoms with Gasteiger partial charge >= 0.3 is 0 Å². The van der Waals surface area contributed by atoms with E-state index in [1.165, 1.54) is 0 Å². The topological polar surface area (TPSA) is 49.4 Å². The Bertz CT molecular complexity index is 469. The number of hydrogen-bond acceptors (Lipinski definition) is 4. The van der Waals surface area contributed by atoms with Crippen molar-refractivity contribution in [3.8, 4) is 0 Å². The van der Waals surface area contributed by atoms with Crippen molar-refractivity contribution < 1.29 is 8.42 Å². The van der Waals surface area contributed by atoms with E-state index in [-0.39, 0.29) is 5.75 Å². The molecule has 0 unspecified atom stereocenters. The maximum Gasteiger partial charge on any atom is 0.178 e. The molecular weight excluding hydrogens is 260 g/mol. The van der Waals surface area contributed by atoms with Gasteiger partial charge in [-0.3, -0.25) is 0 Å². The maximum absolute atomic E-state index is 11.7. The molecule has 19 heavy (non-hydrogen) atoms. The number of nitrogens with one attached hydrogen (secondary N) is 1. The molecule has 1 N–H and O–H groups in total. The first-order chi connectivity index (χ1) is 9.05. The summed E-state index contributed by atoms with van der Waals surface area (Å²) in [6.45, 7) is 9.57. The van der Waals surface area contributed by atoms with Crippen molar-refractivity contribution in [3.05, 3.63) is 24.3 Å². The van der Waals surface area contributed by atoms with Crippen molar-refractivity contribution in [1.82, 2.24) is 5.32 Å². The summed E-state index contributed by atoms with van der Waals surface area (Å²) in [7, 11) is -3.10. The molecule has 108 valence electrons. The molecule has 5 heteroatoms. The van der Waals surface area contributed by atoms with Crippen LogP contribution in [0.4, 0.5) is 5.69 Å². The largest absolute Gasteiger partial charge is 0.371 e. The minimum absolute atomic E-state index is 0.143. The Morgan fingerprint density at radius 1 is 1.11 bits per heavy atom. The highest BCUT2D eigenvalue weighted by atomic mass is 32.2. The summed E-state index contributed by atoms with van der Waals surface area (Å²) in [5, 5.41) is 3.29. The zero-order chi connectivity index (χ0) is 14.3. The average Bonchev–Trinajstić information content (AvgIpc) is 2.44. The summed E-state index contributed by atoms with van der Waals surface area (Å²) < 4.78 is 23.5. The lowest BCUT2D eigenvalue weighted by molar-refractivity contribution is 0.597. The first-order valence-electron chi connectivity index (χ1n) is 6.83. The summed E-state index contributed by atoms with van der Waals surface area (Å²) in [5.74, 6) is 0.143. The summed E-state index contributed by atoms with van der Waals surface area (Å²) in [6.07, 6.45) is 0. The van der Waals surface area contributed by atoms with Crippen molar-refractivity contribution in [2.24, 2.45) is 0 Å². The van der Waals surface area contributed by atoms with Gasteiger partial charge < -0.3 is 10.2 Å². The number of rotatable bonds is 8. The second-order valence-electron chi connectivity index (χ2n) is 4.33. The quantitative estimate of drug-likeness (QED) is 0.741. The summed E-state index contributed by atoms with van der Waals surface area (Å²) in [4.78, 5) is 2.63. The predicted molar refractivity (Wildman–Crippen MR) is 80.6 cm³/mol. The van der Waals surface area contributed by atoms with E-state index in [9.17, 15) is 8.42 Å². The molecule has 4 nitrogen and oxygen atoms in total. The van der Waals surface area contributed by atoms with Gasteiger partial charge in [0.15, 0.2) is 9.84 Å². The van der Waals surface area contributed by atoms with Crippen molar-refractivity contribution in [2.75, 3.05) is 36.8 Å². The number of likely N-dealkylation sites (N-methyl/N-ethyl adjacent to an activating group) is 2. The van der Waals surface area contributed by atoms with Gasteiger partial charge in [0, 0.05) is 25.3 Å². The Labute approximate surface area is 116 Å². The van der Waals surface area contributed by atoms with Gasteiger partial charge in [0.05, 0.1) is 10.6 Å². The van der Waals surface area contributed by atoms with E-state index in [0.29, 0.717) is 4.90 Å². The highest BCUT2D eigenvalue weighted by Crippen LogP contribution is 2.18. The molecule has 0 atom stereocenters. The minimum atomic E-state index is -3.10. The molecule has 0 saturated heterocycles. The molecule has 0 aliphatic carbocycles. The summed E-state index contributed by atoms with van der Waals surface area (Å²) in [5.41, 5.74) is 1.07. The van der Waals surface area contributed by atoms with E-state index in [1.54, 1.807) is 19.1 Å². The van der Waals surface area contributed by atoms with Gasteiger partial charge in [-0.15, -0.1) is 0 Å². The number of hydrogen-bond donors (Lipinski definition) is 1. The van der Waals surface area contributed by atoms with Gasteiger partial charge in [0.1, 0.15) is 0 Å². The molecule has 0 spiro atoms. The third-order valence-electron chi connectivity index (χ3n) is 3.13. The van der Waals surface area contributed by atoms with Gasteiger partial charge in [-0.1, -0.05) is 13.8 Å². The Kier molecular flexibility index (Phi) is 6.31. The van der Waals surface area contributed by atoms with Crippen LogP contribution in [-0.2, 0) is 9.84 Å². The normalized spacial score (nSPS) is 11.5. The SMILES string of the molecule is CCNCCN(CC)c1ccc(S(=O)(=O)CC)cc1. The lowest BCUT2D eigenvalue weighted by atomic mass is 10.3. The first kappa shape index (κ1) is 16.0. The fourth-order valence-electron chi connectivity index (χ4n) is 1.89. The fraction of sp³-hybridized carbons (Fsp3) is 0.571. The second kappa shape index (κ2) is 7.50. The lowest BCUT2D eigenvalue weighted by Gasteiger charge is -2.23. The number of sulfone groups is 1. The van der Waals surface area contributed by atoms with Crippen LogP contribution in [0.2, 0.25) is 0 Å². The number of benzene rings is 1. The van der Waals surface area contributed by atoms with E-state index in [4.69, 9.17) is 0 Å². The van der Waals surface area contributed by atoms with Crippen LogP contribution in [-0.4, -0.2) is 40.3 Å². The maximum atomic E-state index is 11.7. The Hall–Kier alpha value is -1.07. The summed E-state index contributed by atoms with van der Waals surface area (Å²) >= 11 is 0. The van der Waals surface area contributed by atoms with Crippen LogP contribution in [0.3, 0.4) is 0 Å². The van der Waals surface area contributed by atoms with Crippen molar-refractivity contribution in [1.29, 1.82) is 0 Å². The van der Waals surface area contributed by atoms with Gasteiger partial charge in [-0.2, -0.15) is 0 Å². The first-order valence-corrected chi connectivity index (χ1v) is 8.48. The molecule has 0 saturated carbocycles. The molecule has 0 fully saturated rings. The molecule has 0 amide bonds. The van der Waals surface area contributed by atoms with Crippen LogP contribution in [0, 0.1) is 0 Å². The molecule has 1 rings (SSSR count). The van der Waals surface area contributed by atoms with Gasteiger partial charge in [0.2, 0.25) is 0 Å². The van der Waals surface area contributed by atoms with Crippen LogP contribution in [0.1, 0.15) is 20.8 Å². The zero-order valence-electron chi connectivity index (χ0n) is 12.0. The average molecular weight is 284 g/mol. The van der Waals surface area contributed by atoms with Gasteiger partial charge in [-0.25, -0.2) is 8.42 Å². The van der Waals surface area contributed by atoms with Crippen LogP contribution in [0.25, 0.3) is 0 Å². The van der Waals surface area contributed by atoms with Crippen molar-refractivity contribution in [3.63, 3.8) is 0 Å². The van der Waals surface area contributed by atoms with E-state index >= 15 is 0 Å². The second-order valence-corrected chi connectivity index (χ2v) is 6.61. The van der Waals surface area contributed by atoms with Crippen molar-refractivity contribution in [2.45, 2.75) is 25.7 Å². The predicted octanol–water partition coefficient (Wildman–Crippen LogP) is 1.92. The molecule has 1 aromatic carbocycles. The Morgan fingerprint density at radius 2 is 1.74 bits per heavy atom. The molecule has 0 aromatic heterocycles. The molecule has 0 bridgehead atoms. The fourth-order valence-corrected chi connectivity index (χ4v) is 2.78. The van der Waals surface area contributed by atoms with Crippen LogP contribution < -0.4 is 10.2 Å². The number of anilines is 1. The Balaban J connectivity index is 2.79. The lowest BCUT2D eigenvalue weighted by Crippen LogP contribution is -2.31. The van der Waals surface area contributed by atoms with Crippen LogP contribution >= 0.6 is 0 Å². The minimum Gasteiger partial charge on any atom is -0.371 e. The third kappa shape index (κ3) is 4.51. The molecule has 0 heterocycles. The Morgan fingerprint density at radius 3 is 2.21 bits per heavy atom. The molecule has 0 aliphatic heterocycles. The van der Waals surface area contributed by atoms with Crippen molar-refractivity contribution >= 4 is 15.5 Å². The monoisotopic (exact) mass is 284 g/mol. The van der Waals surface area contributed by atoms with Crippen LogP contribution in [0.5, 0.6) is 0 Å². The highest BCUT2D eigenvalue weighted by molar-refractivity contribution is 7.91. The van der Waals surface area contributed by atoms with E-state index in [0.717, 1.165) is 31.9 Å². The van der Waals surface area contributed by atoms with Gasteiger partial charge in [-0.05, 0) is 37.7 Å². The van der Waals surface area contributed by atoms with Crippen LogP contribution in [0.15, 0.2) is 29.2 Å². The molecule has 1 aromatic rings. The highest BCUT2D eigenvalue weighted by Gasteiger charge is 2.12. The molecule has 0 aliphatic rings. The van der Waals surface area contributed by atoms with E-state index < -0.39 is 9.84 Å². The van der Waals surface area contributed by atoms with E-state index in [1.807, 2.05) is 12.1 Å². The van der Waals surface area contributed by atoms with Gasteiger partial charge in [0.25, 0.3) is 0 Å². The number of nitrogens with zero attached hydrogens (tertiary/aromatic N) is 1. The standard InChI is InChI=1S/C14H24N2O2S/c1-4-15-11-12-16(5-2)13-7-9-14(10-8-13)19(17,18)6-3/h7-10,15H,4-6,11-12H2,1-3H3. The smallest absolute Gasteiger partial charge is 0.178 e.